The summed E-state index contributed by atoms with van der Waals surface area (Å²) in [6.07, 6.45) is 0. The molecule has 0 bridgehead atoms. The lowest BCUT2D eigenvalue weighted by Gasteiger charge is -2.06. The summed E-state index contributed by atoms with van der Waals surface area (Å²) >= 11 is 1.18. The van der Waals surface area contributed by atoms with Crippen molar-refractivity contribution in [3.05, 3.63) is 88.7 Å². The third-order valence-corrected chi connectivity index (χ3v) is 6.01. The molecule has 4 aromatic rings. The molecule has 0 unspecified atom stereocenters. The van der Waals surface area contributed by atoms with Crippen LogP contribution in [0.2, 0.25) is 0 Å². The van der Waals surface area contributed by atoms with Gasteiger partial charge in [-0.05, 0) is 55.5 Å². The van der Waals surface area contributed by atoms with E-state index in [2.05, 4.69) is 4.99 Å². The molecule has 0 radical (unpaired) electrons. The van der Waals surface area contributed by atoms with E-state index in [0.29, 0.717) is 37.6 Å². The summed E-state index contributed by atoms with van der Waals surface area (Å²) in [4.78, 5) is 41.8. The maximum atomic E-state index is 13.0. The van der Waals surface area contributed by atoms with E-state index >= 15 is 0 Å². The molecule has 0 atom stereocenters. The minimum atomic E-state index is -0.501. The summed E-state index contributed by atoms with van der Waals surface area (Å²) in [7, 11) is 1.29. The molecule has 8 nitrogen and oxygen atoms in total. The molecule has 0 saturated heterocycles. The Labute approximate surface area is 205 Å². The zero-order chi connectivity index (χ0) is 24.8. The van der Waals surface area contributed by atoms with Crippen LogP contribution >= 0.6 is 11.3 Å². The Bertz CT molecular complexity index is 1460. The molecule has 0 saturated carbocycles. The van der Waals surface area contributed by atoms with Gasteiger partial charge < -0.3 is 18.8 Å². The fraction of sp³-hybridized carbons (Fsp3) is 0.154. The zero-order valence-electron chi connectivity index (χ0n) is 19.1. The standard InChI is InChI=1S/C26H22N2O6S/c1-3-33-25(31)18-12-13-21-22(15-18)35-26(28(21)16-23(29)32-2)27-24(30)17-8-7-11-20(14-17)34-19-9-5-4-6-10-19/h4-15H,3,16H2,1-2H3. The van der Waals surface area contributed by atoms with Crippen LogP contribution in [0.1, 0.15) is 27.6 Å². The number of nitrogens with zero attached hydrogens (tertiary/aromatic N) is 2. The quantitative estimate of drug-likeness (QED) is 0.352. The van der Waals surface area contributed by atoms with E-state index in [0.717, 1.165) is 0 Å². The Morgan fingerprint density at radius 1 is 0.914 bits per heavy atom. The van der Waals surface area contributed by atoms with E-state index in [1.807, 2.05) is 30.3 Å². The molecule has 0 spiro atoms. The van der Waals surface area contributed by atoms with Crippen molar-refractivity contribution in [1.29, 1.82) is 0 Å². The summed E-state index contributed by atoms with van der Waals surface area (Å²) in [5, 5.41) is 0. The van der Waals surface area contributed by atoms with Gasteiger partial charge in [-0.3, -0.25) is 9.59 Å². The van der Waals surface area contributed by atoms with E-state index in [9.17, 15) is 14.4 Å². The fourth-order valence-electron chi connectivity index (χ4n) is 3.32. The van der Waals surface area contributed by atoms with Gasteiger partial charge in [-0.2, -0.15) is 4.99 Å². The molecule has 178 valence electrons. The highest BCUT2D eigenvalue weighted by molar-refractivity contribution is 7.16. The number of amides is 1. The Morgan fingerprint density at radius 3 is 2.43 bits per heavy atom. The molecular weight excluding hydrogens is 468 g/mol. The highest BCUT2D eigenvalue weighted by atomic mass is 32.1. The van der Waals surface area contributed by atoms with Crippen LogP contribution in [0.25, 0.3) is 10.2 Å². The van der Waals surface area contributed by atoms with Gasteiger partial charge in [-0.25, -0.2) is 4.79 Å². The van der Waals surface area contributed by atoms with Gasteiger partial charge >= 0.3 is 11.9 Å². The van der Waals surface area contributed by atoms with Crippen molar-refractivity contribution in [3.8, 4) is 11.5 Å². The average Bonchev–Trinajstić information content (AvgIpc) is 3.20. The van der Waals surface area contributed by atoms with Gasteiger partial charge in [0, 0.05) is 5.56 Å². The number of methoxy groups -OCH3 is 1. The van der Waals surface area contributed by atoms with Crippen molar-refractivity contribution in [2.75, 3.05) is 13.7 Å². The first-order valence-corrected chi connectivity index (χ1v) is 11.6. The number of carbonyl (C=O) groups excluding carboxylic acids is 3. The summed E-state index contributed by atoms with van der Waals surface area (Å²) in [5.74, 6) is -0.306. The van der Waals surface area contributed by atoms with Crippen molar-refractivity contribution in [2.24, 2.45) is 4.99 Å². The predicted octanol–water partition coefficient (Wildman–Crippen LogP) is 4.59. The number of carbonyl (C=O) groups is 3. The monoisotopic (exact) mass is 490 g/mol. The summed E-state index contributed by atoms with van der Waals surface area (Å²) in [6, 6.07) is 20.9. The first-order valence-electron chi connectivity index (χ1n) is 10.8. The third-order valence-electron chi connectivity index (χ3n) is 4.97. The van der Waals surface area contributed by atoms with Crippen molar-refractivity contribution in [2.45, 2.75) is 13.5 Å². The lowest BCUT2D eigenvalue weighted by Crippen LogP contribution is -2.22. The fourth-order valence-corrected chi connectivity index (χ4v) is 4.38. The number of benzene rings is 3. The number of aromatic nitrogens is 1. The Kier molecular flexibility index (Phi) is 7.37. The van der Waals surface area contributed by atoms with E-state index in [1.54, 1.807) is 54.0 Å². The second kappa shape index (κ2) is 10.8. The molecule has 4 rings (SSSR count). The molecule has 1 aromatic heterocycles. The van der Waals surface area contributed by atoms with Gasteiger partial charge in [0.25, 0.3) is 5.91 Å². The number of ether oxygens (including phenoxy) is 3. The van der Waals surface area contributed by atoms with Crippen LogP contribution in [0.4, 0.5) is 0 Å². The lowest BCUT2D eigenvalue weighted by molar-refractivity contribution is -0.141. The normalized spacial score (nSPS) is 11.3. The van der Waals surface area contributed by atoms with Crippen molar-refractivity contribution in [3.63, 3.8) is 0 Å². The number of rotatable bonds is 7. The Hall–Kier alpha value is -4.24. The second-order valence-corrected chi connectivity index (χ2v) is 8.32. The number of hydrogen-bond donors (Lipinski definition) is 0. The lowest BCUT2D eigenvalue weighted by atomic mass is 10.2. The number of thiazole rings is 1. The summed E-state index contributed by atoms with van der Waals surface area (Å²) in [5.41, 5.74) is 1.34. The van der Waals surface area contributed by atoms with E-state index in [1.165, 1.54) is 18.4 Å². The first kappa shape index (κ1) is 23.9. The number of hydrogen-bond acceptors (Lipinski definition) is 7. The zero-order valence-corrected chi connectivity index (χ0v) is 19.9. The van der Waals surface area contributed by atoms with Crippen molar-refractivity contribution in [1.82, 2.24) is 4.57 Å². The van der Waals surface area contributed by atoms with Crippen molar-refractivity contribution >= 4 is 39.4 Å². The van der Waals surface area contributed by atoms with Crippen LogP contribution in [-0.4, -0.2) is 36.1 Å². The van der Waals surface area contributed by atoms with Crippen LogP contribution < -0.4 is 9.54 Å². The molecular formula is C26H22N2O6S. The Morgan fingerprint density at radius 2 is 1.69 bits per heavy atom. The second-order valence-electron chi connectivity index (χ2n) is 7.31. The largest absolute Gasteiger partial charge is 0.468 e. The summed E-state index contributed by atoms with van der Waals surface area (Å²) < 4.78 is 18.0. The van der Waals surface area contributed by atoms with Crippen LogP contribution in [-0.2, 0) is 20.8 Å². The SMILES string of the molecule is CCOC(=O)c1ccc2c(c1)sc(=NC(=O)c1cccc(Oc3ccccc3)c1)n2CC(=O)OC. The maximum Gasteiger partial charge on any atom is 0.338 e. The molecule has 3 aromatic carbocycles. The van der Waals surface area contributed by atoms with Crippen LogP contribution in [0.5, 0.6) is 11.5 Å². The van der Waals surface area contributed by atoms with E-state index < -0.39 is 17.8 Å². The molecule has 0 N–H and O–H groups in total. The third kappa shape index (κ3) is 5.64. The van der Waals surface area contributed by atoms with Gasteiger partial charge in [-0.1, -0.05) is 35.6 Å². The van der Waals surface area contributed by atoms with Gasteiger partial charge in [-0.15, -0.1) is 0 Å². The van der Waals surface area contributed by atoms with Gasteiger partial charge in [0.1, 0.15) is 18.0 Å². The average molecular weight is 491 g/mol. The van der Waals surface area contributed by atoms with Crippen LogP contribution in [0.3, 0.4) is 0 Å². The molecule has 0 aliphatic rings. The topological polar surface area (TPSA) is 96.2 Å². The van der Waals surface area contributed by atoms with Gasteiger partial charge in [0.05, 0.1) is 29.5 Å². The molecule has 1 heterocycles. The van der Waals surface area contributed by atoms with Crippen molar-refractivity contribution < 1.29 is 28.6 Å². The number of fused-ring (bicyclic) bond motifs is 1. The number of esters is 2. The Balaban J connectivity index is 1.72. The molecule has 0 aliphatic heterocycles. The molecule has 0 fully saturated rings. The van der Waals surface area contributed by atoms with Crippen LogP contribution in [0.15, 0.2) is 77.8 Å². The smallest absolute Gasteiger partial charge is 0.338 e. The molecule has 1 amide bonds. The van der Waals surface area contributed by atoms with Crippen LogP contribution in [0, 0.1) is 0 Å². The van der Waals surface area contributed by atoms with Gasteiger partial charge in [0.2, 0.25) is 0 Å². The predicted molar refractivity (Wildman–Crippen MR) is 131 cm³/mol. The summed E-state index contributed by atoms with van der Waals surface area (Å²) in [6.45, 7) is 1.85. The highest BCUT2D eigenvalue weighted by Crippen LogP contribution is 2.23. The highest BCUT2D eigenvalue weighted by Gasteiger charge is 2.15. The van der Waals surface area contributed by atoms with E-state index in [-0.39, 0.29) is 13.2 Å². The van der Waals surface area contributed by atoms with E-state index in [4.69, 9.17) is 14.2 Å². The molecule has 35 heavy (non-hydrogen) atoms. The molecule has 0 aliphatic carbocycles. The maximum absolute atomic E-state index is 13.0. The first-order chi connectivity index (χ1) is 17.0. The molecule has 9 heteroatoms. The number of para-hydroxylation sites is 1. The minimum Gasteiger partial charge on any atom is -0.468 e. The minimum absolute atomic E-state index is 0.140. The van der Waals surface area contributed by atoms with Gasteiger partial charge in [0.15, 0.2) is 4.80 Å².